The molecule has 3 N–H and O–H groups in total. The average molecular weight is 196 g/mol. The Bertz CT molecular complexity index is 277. The highest BCUT2D eigenvalue weighted by Crippen LogP contribution is 2.10. The van der Waals surface area contributed by atoms with E-state index < -0.39 is 0 Å². The Morgan fingerprint density at radius 1 is 1.50 bits per heavy atom. The van der Waals surface area contributed by atoms with Crippen molar-refractivity contribution in [3.05, 3.63) is 12.4 Å². The van der Waals surface area contributed by atoms with Crippen LogP contribution in [0.15, 0.2) is 12.4 Å². The van der Waals surface area contributed by atoms with Gasteiger partial charge in [-0.05, 0) is 12.3 Å². The third-order valence-electron chi connectivity index (χ3n) is 1.74. The molecule has 1 heterocycles. The largest absolute Gasteiger partial charge is 0.478 e. The Balaban J connectivity index is 2.42. The summed E-state index contributed by atoms with van der Waals surface area (Å²) >= 11 is 0. The zero-order valence-electron chi connectivity index (χ0n) is 8.53. The Morgan fingerprint density at radius 2 is 2.29 bits per heavy atom. The number of aromatic nitrogens is 2. The molecule has 1 aromatic heterocycles. The number of nitrogens with two attached hydrogens (primary N) is 1. The summed E-state index contributed by atoms with van der Waals surface area (Å²) in [4.78, 5) is 7.83. The third-order valence-corrected chi connectivity index (χ3v) is 1.74. The van der Waals surface area contributed by atoms with Gasteiger partial charge in [0.25, 0.3) is 0 Å². The summed E-state index contributed by atoms with van der Waals surface area (Å²) < 4.78 is 5.41. The summed E-state index contributed by atoms with van der Waals surface area (Å²) in [5.41, 5.74) is 2.44. The minimum Gasteiger partial charge on any atom is -0.478 e. The normalized spacial score (nSPS) is 10.3. The second-order valence-electron chi connectivity index (χ2n) is 3.42. The fourth-order valence-corrected chi connectivity index (χ4v) is 0.897. The topological polar surface area (TPSA) is 73.1 Å². The zero-order valence-corrected chi connectivity index (χ0v) is 8.53. The summed E-state index contributed by atoms with van der Waals surface area (Å²) in [6, 6.07) is 1.67. The minimum atomic E-state index is 0.550. The first-order chi connectivity index (χ1) is 6.72. The van der Waals surface area contributed by atoms with Crippen LogP contribution in [0.3, 0.4) is 0 Å². The van der Waals surface area contributed by atoms with Crippen molar-refractivity contribution in [2.24, 2.45) is 11.8 Å². The molecule has 78 valence electrons. The third kappa shape index (κ3) is 3.57. The first-order valence-electron chi connectivity index (χ1n) is 4.64. The lowest BCUT2D eigenvalue weighted by molar-refractivity contribution is 0.279. The maximum Gasteiger partial charge on any atom is 0.218 e. The number of nitrogens with zero attached hydrogens (tertiary/aromatic N) is 2. The second-order valence-corrected chi connectivity index (χ2v) is 3.42. The van der Waals surface area contributed by atoms with E-state index in [0.717, 1.165) is 6.42 Å². The van der Waals surface area contributed by atoms with Crippen molar-refractivity contribution in [3.63, 3.8) is 0 Å². The van der Waals surface area contributed by atoms with E-state index in [4.69, 9.17) is 10.6 Å². The molecule has 0 saturated heterocycles. The maximum absolute atomic E-state index is 5.41. The SMILES string of the molecule is CC(C)CCOc1cc(NN)ncn1. The van der Waals surface area contributed by atoms with Crippen LogP contribution in [0.2, 0.25) is 0 Å². The van der Waals surface area contributed by atoms with E-state index in [1.807, 2.05) is 0 Å². The van der Waals surface area contributed by atoms with E-state index >= 15 is 0 Å². The summed E-state index contributed by atoms with van der Waals surface area (Å²) in [7, 11) is 0. The van der Waals surface area contributed by atoms with Crippen LogP contribution in [0.5, 0.6) is 5.88 Å². The van der Waals surface area contributed by atoms with Gasteiger partial charge >= 0.3 is 0 Å². The molecule has 0 aliphatic heterocycles. The quantitative estimate of drug-likeness (QED) is 0.546. The van der Waals surface area contributed by atoms with Crippen LogP contribution in [0.25, 0.3) is 0 Å². The van der Waals surface area contributed by atoms with Gasteiger partial charge < -0.3 is 10.2 Å². The molecule has 0 unspecified atom stereocenters. The van der Waals surface area contributed by atoms with Gasteiger partial charge in [0.15, 0.2) is 0 Å². The maximum atomic E-state index is 5.41. The molecule has 0 amide bonds. The Morgan fingerprint density at radius 3 is 2.93 bits per heavy atom. The van der Waals surface area contributed by atoms with Gasteiger partial charge in [-0.15, -0.1) is 0 Å². The fraction of sp³-hybridized carbons (Fsp3) is 0.556. The molecule has 0 bridgehead atoms. The summed E-state index contributed by atoms with van der Waals surface area (Å²) in [6.45, 7) is 4.96. The number of hydrazine groups is 1. The molecule has 0 aliphatic rings. The van der Waals surface area contributed by atoms with E-state index in [9.17, 15) is 0 Å². The molecular formula is C9H16N4O. The van der Waals surface area contributed by atoms with Crippen molar-refractivity contribution >= 4 is 5.82 Å². The molecule has 0 aliphatic carbocycles. The second kappa shape index (κ2) is 5.39. The van der Waals surface area contributed by atoms with Crippen LogP contribution in [0.1, 0.15) is 20.3 Å². The predicted octanol–water partition coefficient (Wildman–Crippen LogP) is 1.19. The van der Waals surface area contributed by atoms with Gasteiger partial charge in [-0.3, -0.25) is 0 Å². The average Bonchev–Trinajstić information content (AvgIpc) is 2.18. The molecule has 0 aromatic carbocycles. The van der Waals surface area contributed by atoms with Gasteiger partial charge in [-0.2, -0.15) is 0 Å². The molecule has 1 rings (SSSR count). The van der Waals surface area contributed by atoms with Crippen LogP contribution in [-0.4, -0.2) is 16.6 Å². The van der Waals surface area contributed by atoms with Crippen LogP contribution < -0.4 is 16.0 Å². The zero-order chi connectivity index (χ0) is 10.4. The Labute approximate surface area is 83.7 Å². The highest BCUT2D eigenvalue weighted by atomic mass is 16.5. The molecule has 0 fully saturated rings. The van der Waals surface area contributed by atoms with Crippen molar-refractivity contribution in [3.8, 4) is 5.88 Å². The highest BCUT2D eigenvalue weighted by molar-refractivity contribution is 5.35. The van der Waals surface area contributed by atoms with Gasteiger partial charge in [0, 0.05) is 6.07 Å². The lowest BCUT2D eigenvalue weighted by Crippen LogP contribution is -2.09. The summed E-state index contributed by atoms with van der Waals surface area (Å²) in [5.74, 6) is 6.93. The molecule has 0 radical (unpaired) electrons. The van der Waals surface area contributed by atoms with E-state index in [1.54, 1.807) is 6.07 Å². The van der Waals surface area contributed by atoms with Crippen LogP contribution in [0, 0.1) is 5.92 Å². The number of ether oxygens (including phenoxy) is 1. The molecule has 0 spiro atoms. The first kappa shape index (κ1) is 10.7. The fourth-order valence-electron chi connectivity index (χ4n) is 0.897. The molecule has 14 heavy (non-hydrogen) atoms. The standard InChI is InChI=1S/C9H16N4O/c1-7(2)3-4-14-9-5-8(13-10)11-6-12-9/h5-7H,3-4,10H2,1-2H3,(H,11,12,13). The molecule has 5 heteroatoms. The number of nitrogens with one attached hydrogen (secondary N) is 1. The lowest BCUT2D eigenvalue weighted by Gasteiger charge is -2.07. The number of hydrogen-bond acceptors (Lipinski definition) is 5. The first-order valence-corrected chi connectivity index (χ1v) is 4.64. The number of rotatable bonds is 5. The molecule has 1 aromatic rings. The van der Waals surface area contributed by atoms with Crippen LogP contribution in [0.4, 0.5) is 5.82 Å². The molecule has 0 atom stereocenters. The summed E-state index contributed by atoms with van der Waals surface area (Å²) in [6.07, 6.45) is 2.43. The number of nitrogen functional groups attached to an aromatic ring is 1. The van der Waals surface area contributed by atoms with Crippen molar-refractivity contribution in [2.45, 2.75) is 20.3 Å². The van der Waals surface area contributed by atoms with Gasteiger partial charge in [-0.25, -0.2) is 15.8 Å². The highest BCUT2D eigenvalue weighted by Gasteiger charge is 1.99. The van der Waals surface area contributed by atoms with E-state index in [-0.39, 0.29) is 0 Å². The Hall–Kier alpha value is -1.36. The van der Waals surface area contributed by atoms with Gasteiger partial charge in [-0.1, -0.05) is 13.8 Å². The van der Waals surface area contributed by atoms with Crippen LogP contribution in [-0.2, 0) is 0 Å². The minimum absolute atomic E-state index is 0.550. The van der Waals surface area contributed by atoms with E-state index in [2.05, 4.69) is 29.2 Å². The van der Waals surface area contributed by atoms with Gasteiger partial charge in [0.1, 0.15) is 12.1 Å². The van der Waals surface area contributed by atoms with Gasteiger partial charge in [0.2, 0.25) is 5.88 Å². The number of hydrogen-bond donors (Lipinski definition) is 2. The predicted molar refractivity (Wildman–Crippen MR) is 54.8 cm³/mol. The Kier molecular flexibility index (Phi) is 4.12. The van der Waals surface area contributed by atoms with Crippen LogP contribution >= 0.6 is 0 Å². The van der Waals surface area contributed by atoms with Gasteiger partial charge in [0.05, 0.1) is 6.61 Å². The number of anilines is 1. The molecular weight excluding hydrogens is 180 g/mol. The molecule has 0 saturated carbocycles. The van der Waals surface area contributed by atoms with E-state index in [1.165, 1.54) is 6.33 Å². The summed E-state index contributed by atoms with van der Waals surface area (Å²) in [5, 5.41) is 0. The van der Waals surface area contributed by atoms with Crippen molar-refractivity contribution in [1.29, 1.82) is 0 Å². The monoisotopic (exact) mass is 196 g/mol. The van der Waals surface area contributed by atoms with Crippen molar-refractivity contribution in [2.75, 3.05) is 12.0 Å². The van der Waals surface area contributed by atoms with Crippen molar-refractivity contribution in [1.82, 2.24) is 9.97 Å². The molecule has 5 nitrogen and oxygen atoms in total. The smallest absolute Gasteiger partial charge is 0.218 e. The van der Waals surface area contributed by atoms with E-state index in [0.29, 0.717) is 24.2 Å². The lowest BCUT2D eigenvalue weighted by atomic mass is 10.1. The van der Waals surface area contributed by atoms with Crippen molar-refractivity contribution < 1.29 is 4.74 Å².